The maximum atomic E-state index is 11.1. The predicted molar refractivity (Wildman–Crippen MR) is 122 cm³/mol. The monoisotopic (exact) mass is 439 g/mol. The molecule has 0 aliphatic carbocycles. The second-order valence-electron chi connectivity index (χ2n) is 8.39. The van der Waals surface area contributed by atoms with Gasteiger partial charge in [0.25, 0.3) is 0 Å². The molecule has 0 fully saturated rings. The first kappa shape index (κ1) is 27.2. The summed E-state index contributed by atoms with van der Waals surface area (Å²) in [6, 6.07) is 5.04. The lowest BCUT2D eigenvalue weighted by Crippen LogP contribution is -2.48. The summed E-state index contributed by atoms with van der Waals surface area (Å²) in [6.45, 7) is 7.39. The molecule has 178 valence electrons. The van der Waals surface area contributed by atoms with Crippen molar-refractivity contribution in [2.45, 2.75) is 58.2 Å². The SMILES string of the molecule is COCCCOc1cc(CC(CC(N)C(O)CN[C@@H](C)C(N)=O)C(C)C)ccc1OC. The molecule has 0 aliphatic rings. The normalized spacial score (nSPS) is 15.4. The number of amides is 1. The predicted octanol–water partition coefficient (Wildman–Crippen LogP) is 1.47. The summed E-state index contributed by atoms with van der Waals surface area (Å²) >= 11 is 0. The third-order valence-electron chi connectivity index (χ3n) is 5.55. The number of hydrogen-bond donors (Lipinski definition) is 4. The first-order valence-corrected chi connectivity index (χ1v) is 10.9. The number of benzene rings is 1. The molecule has 1 aromatic carbocycles. The van der Waals surface area contributed by atoms with E-state index in [1.807, 2.05) is 18.2 Å². The van der Waals surface area contributed by atoms with E-state index in [2.05, 4.69) is 19.2 Å². The maximum Gasteiger partial charge on any atom is 0.234 e. The molecule has 8 heteroatoms. The Bertz CT molecular complexity index is 656. The second-order valence-corrected chi connectivity index (χ2v) is 8.39. The first-order chi connectivity index (χ1) is 14.7. The molecule has 4 atom stereocenters. The lowest BCUT2D eigenvalue weighted by atomic mass is 9.83. The van der Waals surface area contributed by atoms with E-state index >= 15 is 0 Å². The molecule has 0 bridgehead atoms. The van der Waals surface area contributed by atoms with Crippen LogP contribution in [0.15, 0.2) is 18.2 Å². The van der Waals surface area contributed by atoms with E-state index in [0.717, 1.165) is 18.4 Å². The van der Waals surface area contributed by atoms with Gasteiger partial charge in [0.1, 0.15) is 0 Å². The summed E-state index contributed by atoms with van der Waals surface area (Å²) in [5.74, 6) is 1.61. The molecule has 0 aromatic heterocycles. The Morgan fingerprint density at radius 1 is 1.16 bits per heavy atom. The molecule has 6 N–H and O–H groups in total. The number of nitrogens with one attached hydrogen (secondary N) is 1. The summed E-state index contributed by atoms with van der Waals surface area (Å²) in [4.78, 5) is 11.1. The summed E-state index contributed by atoms with van der Waals surface area (Å²) < 4.78 is 16.4. The van der Waals surface area contributed by atoms with Crippen molar-refractivity contribution in [2.75, 3.05) is 34.0 Å². The Balaban J connectivity index is 2.75. The Hall–Kier alpha value is -1.87. The topological polar surface area (TPSA) is 129 Å². The van der Waals surface area contributed by atoms with Gasteiger partial charge in [-0.05, 0) is 49.3 Å². The Morgan fingerprint density at radius 2 is 1.87 bits per heavy atom. The van der Waals surface area contributed by atoms with Gasteiger partial charge < -0.3 is 36.1 Å². The minimum Gasteiger partial charge on any atom is -0.493 e. The van der Waals surface area contributed by atoms with Gasteiger partial charge in [0.15, 0.2) is 11.5 Å². The number of carbonyl (C=O) groups is 1. The van der Waals surface area contributed by atoms with E-state index in [1.54, 1.807) is 21.1 Å². The molecular weight excluding hydrogens is 398 g/mol. The van der Waals surface area contributed by atoms with E-state index in [4.69, 9.17) is 25.7 Å². The second kappa shape index (κ2) is 14.2. The zero-order valence-corrected chi connectivity index (χ0v) is 19.6. The van der Waals surface area contributed by atoms with Crippen LogP contribution in [-0.2, 0) is 16.0 Å². The Labute approximate surface area is 186 Å². The number of ether oxygens (including phenoxy) is 3. The number of rotatable bonds is 16. The van der Waals surface area contributed by atoms with Gasteiger partial charge >= 0.3 is 0 Å². The Kier molecular flexibility index (Phi) is 12.5. The van der Waals surface area contributed by atoms with Gasteiger partial charge in [-0.15, -0.1) is 0 Å². The molecule has 1 amide bonds. The zero-order chi connectivity index (χ0) is 23.4. The third kappa shape index (κ3) is 9.86. The van der Waals surface area contributed by atoms with Crippen molar-refractivity contribution in [3.05, 3.63) is 23.8 Å². The number of aliphatic hydroxyl groups is 1. The lowest BCUT2D eigenvalue weighted by Gasteiger charge is -2.28. The van der Waals surface area contributed by atoms with E-state index in [0.29, 0.717) is 37.1 Å². The van der Waals surface area contributed by atoms with Gasteiger partial charge in [0.05, 0.1) is 25.9 Å². The standard InChI is InChI=1S/C23H41N3O5/c1-15(2)18(13-19(24)20(27)14-26-16(3)23(25)28)11-17-7-8-21(30-5)22(12-17)31-10-6-9-29-4/h7-8,12,15-16,18-20,26-27H,6,9-11,13-14,24H2,1-5H3,(H2,25,28)/t16-,18?,19?,20?/m0/s1. The van der Waals surface area contributed by atoms with Crippen LogP contribution in [-0.4, -0.2) is 63.2 Å². The smallest absolute Gasteiger partial charge is 0.234 e. The summed E-state index contributed by atoms with van der Waals surface area (Å²) in [7, 11) is 3.30. The van der Waals surface area contributed by atoms with Gasteiger partial charge in [-0.1, -0.05) is 19.9 Å². The van der Waals surface area contributed by atoms with E-state index in [-0.39, 0.29) is 12.5 Å². The largest absolute Gasteiger partial charge is 0.493 e. The van der Waals surface area contributed by atoms with Crippen molar-refractivity contribution in [2.24, 2.45) is 23.3 Å². The summed E-state index contributed by atoms with van der Waals surface area (Å²) in [5, 5.41) is 13.3. The molecule has 0 spiro atoms. The molecule has 0 radical (unpaired) electrons. The van der Waals surface area contributed by atoms with Gasteiger partial charge in [-0.3, -0.25) is 4.79 Å². The highest BCUT2D eigenvalue weighted by molar-refractivity contribution is 5.79. The van der Waals surface area contributed by atoms with E-state index in [1.165, 1.54) is 0 Å². The number of primary amides is 1. The van der Waals surface area contributed by atoms with Crippen LogP contribution < -0.4 is 26.3 Å². The molecule has 0 saturated carbocycles. The first-order valence-electron chi connectivity index (χ1n) is 10.9. The van der Waals surface area contributed by atoms with Gasteiger partial charge in [-0.2, -0.15) is 0 Å². The van der Waals surface area contributed by atoms with Crippen molar-refractivity contribution < 1.29 is 24.1 Å². The molecule has 0 saturated heterocycles. The highest BCUT2D eigenvalue weighted by Crippen LogP contribution is 2.31. The number of nitrogens with two attached hydrogens (primary N) is 2. The van der Waals surface area contributed by atoms with Crippen LogP contribution in [0.3, 0.4) is 0 Å². The van der Waals surface area contributed by atoms with Gasteiger partial charge in [-0.25, -0.2) is 0 Å². The maximum absolute atomic E-state index is 11.1. The van der Waals surface area contributed by atoms with Crippen LogP contribution in [0.2, 0.25) is 0 Å². The van der Waals surface area contributed by atoms with E-state index in [9.17, 15) is 9.90 Å². The van der Waals surface area contributed by atoms with Crippen LogP contribution in [0.5, 0.6) is 11.5 Å². The fourth-order valence-electron chi connectivity index (χ4n) is 3.30. The average molecular weight is 440 g/mol. The zero-order valence-electron chi connectivity index (χ0n) is 19.6. The number of aliphatic hydroxyl groups excluding tert-OH is 1. The lowest BCUT2D eigenvalue weighted by molar-refractivity contribution is -0.119. The van der Waals surface area contributed by atoms with Gasteiger partial charge in [0, 0.05) is 32.7 Å². The Morgan fingerprint density at radius 3 is 2.45 bits per heavy atom. The number of carbonyl (C=O) groups excluding carboxylic acids is 1. The summed E-state index contributed by atoms with van der Waals surface area (Å²) in [6.07, 6.45) is 1.50. The molecule has 3 unspecified atom stereocenters. The third-order valence-corrected chi connectivity index (χ3v) is 5.55. The summed E-state index contributed by atoms with van der Waals surface area (Å²) in [5.41, 5.74) is 12.7. The van der Waals surface area contributed by atoms with Crippen LogP contribution in [0.1, 0.15) is 39.2 Å². The highest BCUT2D eigenvalue weighted by atomic mass is 16.5. The molecular formula is C23H41N3O5. The fourth-order valence-corrected chi connectivity index (χ4v) is 3.30. The highest BCUT2D eigenvalue weighted by Gasteiger charge is 2.24. The molecule has 31 heavy (non-hydrogen) atoms. The molecule has 0 heterocycles. The van der Waals surface area contributed by atoms with Crippen LogP contribution in [0, 0.1) is 11.8 Å². The number of hydrogen-bond acceptors (Lipinski definition) is 7. The minimum atomic E-state index is -0.765. The van der Waals surface area contributed by atoms with E-state index < -0.39 is 24.1 Å². The van der Waals surface area contributed by atoms with Gasteiger partial charge in [0.2, 0.25) is 5.91 Å². The fraction of sp³-hybridized carbons (Fsp3) is 0.696. The molecule has 0 aliphatic heterocycles. The number of methoxy groups -OCH3 is 2. The van der Waals surface area contributed by atoms with Crippen molar-refractivity contribution in [1.29, 1.82) is 0 Å². The molecule has 1 aromatic rings. The minimum absolute atomic E-state index is 0.220. The van der Waals surface area contributed by atoms with Crippen molar-refractivity contribution in [3.8, 4) is 11.5 Å². The van der Waals surface area contributed by atoms with Crippen molar-refractivity contribution >= 4 is 5.91 Å². The van der Waals surface area contributed by atoms with Crippen LogP contribution in [0.25, 0.3) is 0 Å². The molecule has 1 rings (SSSR count). The quantitative estimate of drug-likeness (QED) is 0.287. The molecule has 8 nitrogen and oxygen atoms in total. The van der Waals surface area contributed by atoms with Crippen LogP contribution >= 0.6 is 0 Å². The van der Waals surface area contributed by atoms with Crippen LogP contribution in [0.4, 0.5) is 0 Å². The average Bonchev–Trinajstić information content (AvgIpc) is 2.74. The van der Waals surface area contributed by atoms with Crippen molar-refractivity contribution in [1.82, 2.24) is 5.32 Å². The van der Waals surface area contributed by atoms with Crippen molar-refractivity contribution in [3.63, 3.8) is 0 Å².